The minimum Gasteiger partial charge on any atom is -0.349 e. The van der Waals surface area contributed by atoms with Gasteiger partial charge in [-0.05, 0) is 61.1 Å². The summed E-state index contributed by atoms with van der Waals surface area (Å²) in [6, 6.07) is 14.0. The molecular weight excluding hydrogens is 427 g/mol. The standard InChI is InChI=1S/C26H24F3N3O/c27-26(28,29)22-9-10-23(31-17-22)14-19-5-1-4-18(12-19)13-20-6-2-8-24(15-20)32-25(33)21-7-3-11-30-16-21/h1,3-5,7,9-13,16-17,24H,2,6,8,14-15H2,(H,32,33)/b20-13+. The first-order valence-corrected chi connectivity index (χ1v) is 10.9. The number of nitrogens with one attached hydrogen (secondary N) is 1. The molecule has 1 aliphatic carbocycles. The average Bonchev–Trinajstić information content (AvgIpc) is 2.80. The van der Waals surface area contributed by atoms with Gasteiger partial charge >= 0.3 is 6.18 Å². The molecule has 2 aromatic heterocycles. The zero-order chi connectivity index (χ0) is 23.3. The van der Waals surface area contributed by atoms with Crippen molar-refractivity contribution in [3.05, 3.63) is 101 Å². The average molecular weight is 451 g/mol. The van der Waals surface area contributed by atoms with Crippen LogP contribution in [0, 0.1) is 0 Å². The van der Waals surface area contributed by atoms with Crippen molar-refractivity contribution in [1.82, 2.24) is 15.3 Å². The van der Waals surface area contributed by atoms with Crippen LogP contribution in [0.1, 0.15) is 58.4 Å². The predicted octanol–water partition coefficient (Wildman–Crippen LogP) is 5.84. The Morgan fingerprint density at radius 1 is 1.12 bits per heavy atom. The molecule has 1 aliphatic rings. The number of hydrogen-bond donors (Lipinski definition) is 1. The van der Waals surface area contributed by atoms with Gasteiger partial charge in [-0.1, -0.05) is 35.9 Å². The van der Waals surface area contributed by atoms with E-state index in [4.69, 9.17) is 0 Å². The number of rotatable bonds is 5. The molecule has 4 nitrogen and oxygen atoms in total. The Labute approximate surface area is 190 Å². The lowest BCUT2D eigenvalue weighted by atomic mass is 9.89. The Bertz CT molecular complexity index is 1130. The fourth-order valence-corrected chi connectivity index (χ4v) is 4.05. The molecule has 1 aromatic carbocycles. The number of carbonyl (C=O) groups is 1. The Morgan fingerprint density at radius 2 is 2.00 bits per heavy atom. The van der Waals surface area contributed by atoms with Gasteiger partial charge in [0.05, 0.1) is 11.1 Å². The van der Waals surface area contributed by atoms with Crippen LogP contribution in [-0.2, 0) is 12.6 Å². The molecule has 0 spiro atoms. The van der Waals surface area contributed by atoms with Gasteiger partial charge in [0.25, 0.3) is 5.91 Å². The minimum atomic E-state index is -4.38. The number of halogens is 3. The zero-order valence-electron chi connectivity index (χ0n) is 18.0. The largest absolute Gasteiger partial charge is 0.417 e. The molecule has 1 saturated carbocycles. The van der Waals surface area contributed by atoms with E-state index in [1.807, 2.05) is 24.3 Å². The predicted molar refractivity (Wildman–Crippen MR) is 120 cm³/mol. The van der Waals surface area contributed by atoms with Crippen LogP contribution in [0.2, 0.25) is 0 Å². The highest BCUT2D eigenvalue weighted by Crippen LogP contribution is 2.29. The number of amides is 1. The van der Waals surface area contributed by atoms with E-state index in [0.29, 0.717) is 17.7 Å². The number of nitrogens with zero attached hydrogens (tertiary/aromatic N) is 2. The molecular formula is C26H24F3N3O. The van der Waals surface area contributed by atoms with Crippen molar-refractivity contribution >= 4 is 12.0 Å². The zero-order valence-corrected chi connectivity index (χ0v) is 18.0. The number of carbonyl (C=O) groups excluding carboxylic acids is 1. The number of hydrogen-bond acceptors (Lipinski definition) is 3. The highest BCUT2D eigenvalue weighted by molar-refractivity contribution is 5.94. The van der Waals surface area contributed by atoms with E-state index in [0.717, 1.165) is 49.1 Å². The van der Waals surface area contributed by atoms with Gasteiger partial charge in [0.2, 0.25) is 0 Å². The van der Waals surface area contributed by atoms with E-state index in [1.165, 1.54) is 11.6 Å². The van der Waals surface area contributed by atoms with E-state index in [9.17, 15) is 18.0 Å². The highest BCUT2D eigenvalue weighted by Gasteiger charge is 2.30. The van der Waals surface area contributed by atoms with Crippen molar-refractivity contribution in [2.24, 2.45) is 0 Å². The normalized spacial score (nSPS) is 17.7. The SMILES string of the molecule is O=C(NC1CCC/C(=C\c2cccc(Cc3ccc(C(F)(F)F)cn3)c2)C1)c1cccnc1. The van der Waals surface area contributed by atoms with Crippen molar-refractivity contribution in [3.8, 4) is 0 Å². The molecule has 7 heteroatoms. The second-order valence-electron chi connectivity index (χ2n) is 8.27. The maximum absolute atomic E-state index is 12.7. The first-order chi connectivity index (χ1) is 15.9. The Kier molecular flexibility index (Phi) is 6.87. The number of benzene rings is 1. The van der Waals surface area contributed by atoms with Crippen LogP contribution in [0.4, 0.5) is 13.2 Å². The lowest BCUT2D eigenvalue weighted by molar-refractivity contribution is -0.137. The summed E-state index contributed by atoms with van der Waals surface area (Å²) >= 11 is 0. The molecule has 1 N–H and O–H groups in total. The first kappa shape index (κ1) is 22.7. The third-order valence-corrected chi connectivity index (χ3v) is 5.68. The lowest BCUT2D eigenvalue weighted by Crippen LogP contribution is -2.36. The van der Waals surface area contributed by atoms with Crippen LogP contribution < -0.4 is 5.32 Å². The topological polar surface area (TPSA) is 54.9 Å². The molecule has 0 bridgehead atoms. The van der Waals surface area contributed by atoms with Crippen LogP contribution in [0.25, 0.3) is 6.08 Å². The van der Waals surface area contributed by atoms with Crippen molar-refractivity contribution in [2.75, 3.05) is 0 Å². The monoisotopic (exact) mass is 451 g/mol. The third kappa shape index (κ3) is 6.28. The summed E-state index contributed by atoms with van der Waals surface area (Å²) in [5.74, 6) is -0.111. The van der Waals surface area contributed by atoms with E-state index >= 15 is 0 Å². The summed E-state index contributed by atoms with van der Waals surface area (Å²) in [6.45, 7) is 0. The molecule has 1 fully saturated rings. The van der Waals surface area contributed by atoms with E-state index in [-0.39, 0.29) is 11.9 Å². The van der Waals surface area contributed by atoms with Gasteiger partial charge in [0.15, 0.2) is 0 Å². The number of pyridine rings is 2. The molecule has 33 heavy (non-hydrogen) atoms. The number of aromatic nitrogens is 2. The summed E-state index contributed by atoms with van der Waals surface area (Å²) in [5, 5.41) is 3.10. The highest BCUT2D eigenvalue weighted by atomic mass is 19.4. The summed E-state index contributed by atoms with van der Waals surface area (Å²) < 4.78 is 38.2. The van der Waals surface area contributed by atoms with Crippen LogP contribution in [0.3, 0.4) is 0 Å². The fraction of sp³-hybridized carbons (Fsp3) is 0.269. The molecule has 1 amide bonds. The number of alkyl halides is 3. The second kappa shape index (κ2) is 9.98. The van der Waals surface area contributed by atoms with Crippen LogP contribution >= 0.6 is 0 Å². The maximum atomic E-state index is 12.7. The van der Waals surface area contributed by atoms with E-state index in [1.54, 1.807) is 24.5 Å². The fourth-order valence-electron chi connectivity index (χ4n) is 4.05. The molecule has 0 aliphatic heterocycles. The van der Waals surface area contributed by atoms with Crippen LogP contribution in [0.5, 0.6) is 0 Å². The van der Waals surface area contributed by atoms with Crippen molar-refractivity contribution in [2.45, 2.75) is 44.3 Å². The molecule has 1 atom stereocenters. The van der Waals surface area contributed by atoms with Crippen LogP contribution in [-0.4, -0.2) is 21.9 Å². The van der Waals surface area contributed by atoms with Crippen molar-refractivity contribution in [3.63, 3.8) is 0 Å². The summed E-state index contributed by atoms with van der Waals surface area (Å²) in [7, 11) is 0. The molecule has 3 aromatic rings. The Balaban J connectivity index is 1.40. The molecule has 2 heterocycles. The summed E-state index contributed by atoms with van der Waals surface area (Å²) in [5.41, 5.74) is 3.68. The van der Waals surface area contributed by atoms with E-state index < -0.39 is 11.7 Å². The molecule has 1 unspecified atom stereocenters. The molecule has 4 rings (SSSR count). The van der Waals surface area contributed by atoms with Gasteiger partial charge in [-0.15, -0.1) is 0 Å². The third-order valence-electron chi connectivity index (χ3n) is 5.68. The van der Waals surface area contributed by atoms with Gasteiger partial charge in [0, 0.05) is 36.7 Å². The Morgan fingerprint density at radius 3 is 2.73 bits per heavy atom. The van der Waals surface area contributed by atoms with Gasteiger partial charge in [-0.25, -0.2) is 0 Å². The summed E-state index contributed by atoms with van der Waals surface area (Å²) in [4.78, 5) is 20.4. The van der Waals surface area contributed by atoms with Crippen LogP contribution in [0.15, 0.2) is 72.7 Å². The quantitative estimate of drug-likeness (QED) is 0.530. The van der Waals surface area contributed by atoms with E-state index in [2.05, 4.69) is 21.4 Å². The molecule has 0 saturated heterocycles. The maximum Gasteiger partial charge on any atom is 0.417 e. The minimum absolute atomic E-state index is 0.0808. The lowest BCUT2D eigenvalue weighted by Gasteiger charge is -2.25. The van der Waals surface area contributed by atoms with Gasteiger partial charge in [-0.3, -0.25) is 14.8 Å². The first-order valence-electron chi connectivity index (χ1n) is 10.9. The van der Waals surface area contributed by atoms with Gasteiger partial charge < -0.3 is 5.32 Å². The summed E-state index contributed by atoms with van der Waals surface area (Å²) in [6.07, 6.45) is 6.00. The van der Waals surface area contributed by atoms with Crippen molar-refractivity contribution < 1.29 is 18.0 Å². The molecule has 170 valence electrons. The Hall–Kier alpha value is -3.48. The van der Waals surface area contributed by atoms with Crippen molar-refractivity contribution in [1.29, 1.82) is 0 Å². The molecule has 0 radical (unpaired) electrons. The smallest absolute Gasteiger partial charge is 0.349 e. The second-order valence-corrected chi connectivity index (χ2v) is 8.27. The van der Waals surface area contributed by atoms with Gasteiger partial charge in [0.1, 0.15) is 0 Å². The van der Waals surface area contributed by atoms with Gasteiger partial charge in [-0.2, -0.15) is 13.2 Å².